The molecule has 3 heteroatoms. The van der Waals surface area contributed by atoms with Crippen LogP contribution in [0.1, 0.15) is 6.92 Å². The molecule has 0 spiro atoms. The van der Waals surface area contributed by atoms with Crippen LogP contribution >= 0.6 is 0 Å². The van der Waals surface area contributed by atoms with Crippen molar-refractivity contribution >= 4 is 5.97 Å². The zero-order valence-electron chi connectivity index (χ0n) is 5.46. The van der Waals surface area contributed by atoms with Gasteiger partial charge in [0.15, 0.2) is 0 Å². The molecule has 52 valence electrons. The second-order valence-electron chi connectivity index (χ2n) is 1.70. The van der Waals surface area contributed by atoms with Gasteiger partial charge in [-0.1, -0.05) is 6.08 Å². The molecular weight excluding hydrogens is 118 g/mol. The van der Waals surface area contributed by atoms with E-state index in [1.165, 1.54) is 13.0 Å². The van der Waals surface area contributed by atoms with Crippen LogP contribution in [0.3, 0.4) is 0 Å². The van der Waals surface area contributed by atoms with Crippen LogP contribution in [0.2, 0.25) is 0 Å². The molecule has 0 saturated carbocycles. The summed E-state index contributed by atoms with van der Waals surface area (Å²) in [5.74, 6) is -0.313. The maximum Gasteiger partial charge on any atom is 0.302 e. The Morgan fingerprint density at radius 2 is 2.56 bits per heavy atom. The van der Waals surface area contributed by atoms with Gasteiger partial charge in [0.2, 0.25) is 0 Å². The molecule has 0 aliphatic rings. The van der Waals surface area contributed by atoms with Gasteiger partial charge in [-0.15, -0.1) is 6.58 Å². The average Bonchev–Trinajstić information content (AvgIpc) is 1.83. The van der Waals surface area contributed by atoms with Crippen molar-refractivity contribution in [3.8, 4) is 0 Å². The largest absolute Gasteiger partial charge is 0.464 e. The molecule has 3 nitrogen and oxygen atoms in total. The average molecular weight is 129 g/mol. The molecular formula is C6H11NO2. The zero-order chi connectivity index (χ0) is 7.28. The van der Waals surface area contributed by atoms with E-state index in [2.05, 4.69) is 11.3 Å². The highest BCUT2D eigenvalue weighted by atomic mass is 16.5. The zero-order valence-corrected chi connectivity index (χ0v) is 5.46. The van der Waals surface area contributed by atoms with E-state index in [1.807, 2.05) is 0 Å². The van der Waals surface area contributed by atoms with E-state index in [-0.39, 0.29) is 18.6 Å². The summed E-state index contributed by atoms with van der Waals surface area (Å²) in [7, 11) is 0. The quantitative estimate of drug-likeness (QED) is 0.433. The van der Waals surface area contributed by atoms with Gasteiger partial charge in [0, 0.05) is 6.92 Å². The van der Waals surface area contributed by atoms with Gasteiger partial charge in [-0.25, -0.2) is 0 Å². The van der Waals surface area contributed by atoms with Gasteiger partial charge in [-0.2, -0.15) is 0 Å². The highest BCUT2D eigenvalue weighted by Gasteiger charge is 1.97. The predicted molar refractivity (Wildman–Crippen MR) is 34.8 cm³/mol. The first-order chi connectivity index (χ1) is 4.16. The highest BCUT2D eigenvalue weighted by molar-refractivity contribution is 5.65. The Bertz CT molecular complexity index is 112. The maximum absolute atomic E-state index is 10.2. The Kier molecular flexibility index (Phi) is 3.71. The van der Waals surface area contributed by atoms with Gasteiger partial charge < -0.3 is 10.5 Å². The van der Waals surface area contributed by atoms with E-state index in [0.717, 1.165) is 0 Å². The molecule has 0 amide bonds. The third-order valence-electron chi connectivity index (χ3n) is 0.782. The Hall–Kier alpha value is -0.830. The molecule has 0 aromatic carbocycles. The first kappa shape index (κ1) is 8.17. The highest BCUT2D eigenvalue weighted by Crippen LogP contribution is 1.82. The number of hydrogen-bond acceptors (Lipinski definition) is 3. The van der Waals surface area contributed by atoms with E-state index in [9.17, 15) is 4.79 Å². The maximum atomic E-state index is 10.2. The van der Waals surface area contributed by atoms with Crippen LogP contribution < -0.4 is 5.73 Å². The minimum Gasteiger partial charge on any atom is -0.464 e. The molecule has 0 aliphatic carbocycles. The Morgan fingerprint density at radius 3 is 2.89 bits per heavy atom. The molecule has 1 unspecified atom stereocenters. The molecule has 0 rings (SSSR count). The van der Waals surface area contributed by atoms with Crippen LogP contribution in [-0.4, -0.2) is 18.6 Å². The van der Waals surface area contributed by atoms with Crippen molar-refractivity contribution in [1.29, 1.82) is 0 Å². The van der Waals surface area contributed by atoms with Crippen molar-refractivity contribution in [2.24, 2.45) is 5.73 Å². The lowest BCUT2D eigenvalue weighted by Crippen LogP contribution is -2.24. The third-order valence-corrected chi connectivity index (χ3v) is 0.782. The van der Waals surface area contributed by atoms with Crippen molar-refractivity contribution in [3.63, 3.8) is 0 Å². The number of ether oxygens (including phenoxy) is 1. The number of carbonyl (C=O) groups excluding carboxylic acids is 1. The van der Waals surface area contributed by atoms with E-state index in [4.69, 9.17) is 5.73 Å². The summed E-state index contributed by atoms with van der Waals surface area (Å²) in [4.78, 5) is 10.2. The third kappa shape index (κ3) is 5.03. The van der Waals surface area contributed by atoms with Crippen LogP contribution in [0.25, 0.3) is 0 Å². The molecule has 9 heavy (non-hydrogen) atoms. The molecule has 0 bridgehead atoms. The van der Waals surface area contributed by atoms with E-state index in [1.54, 1.807) is 0 Å². The van der Waals surface area contributed by atoms with Crippen LogP contribution in [-0.2, 0) is 9.53 Å². The van der Waals surface area contributed by atoms with Gasteiger partial charge in [0.05, 0.1) is 6.04 Å². The summed E-state index contributed by atoms with van der Waals surface area (Å²) in [5.41, 5.74) is 5.33. The van der Waals surface area contributed by atoms with Crippen LogP contribution in [0.15, 0.2) is 12.7 Å². The Labute approximate surface area is 54.5 Å². The van der Waals surface area contributed by atoms with E-state index < -0.39 is 0 Å². The minimum absolute atomic E-state index is 0.221. The summed E-state index contributed by atoms with van der Waals surface area (Å²) in [6, 6.07) is -0.242. The van der Waals surface area contributed by atoms with Gasteiger partial charge in [-0.3, -0.25) is 4.79 Å². The molecule has 0 fully saturated rings. The Morgan fingerprint density at radius 1 is 2.00 bits per heavy atom. The smallest absolute Gasteiger partial charge is 0.302 e. The fraction of sp³-hybridized carbons (Fsp3) is 0.500. The molecule has 1 atom stereocenters. The lowest BCUT2D eigenvalue weighted by Gasteiger charge is -2.04. The van der Waals surface area contributed by atoms with E-state index >= 15 is 0 Å². The topological polar surface area (TPSA) is 52.3 Å². The van der Waals surface area contributed by atoms with E-state index in [0.29, 0.717) is 0 Å². The van der Waals surface area contributed by atoms with Gasteiger partial charge in [0.25, 0.3) is 0 Å². The number of rotatable bonds is 3. The summed E-state index contributed by atoms with van der Waals surface area (Å²) in [5, 5.41) is 0. The number of carbonyl (C=O) groups is 1. The van der Waals surface area contributed by atoms with Crippen LogP contribution in [0.5, 0.6) is 0 Å². The molecule has 0 aromatic heterocycles. The molecule has 0 aliphatic heterocycles. The molecule has 2 N–H and O–H groups in total. The molecule has 0 saturated heterocycles. The number of nitrogens with two attached hydrogens (primary N) is 1. The number of hydrogen-bond donors (Lipinski definition) is 1. The predicted octanol–water partition coefficient (Wildman–Crippen LogP) is 0.0628. The van der Waals surface area contributed by atoms with Crippen molar-refractivity contribution < 1.29 is 9.53 Å². The van der Waals surface area contributed by atoms with Crippen molar-refractivity contribution in [3.05, 3.63) is 12.7 Å². The monoisotopic (exact) mass is 129 g/mol. The SMILES string of the molecule is C=CC(N)COC(C)=O. The van der Waals surface area contributed by atoms with Crippen molar-refractivity contribution in [2.45, 2.75) is 13.0 Å². The van der Waals surface area contributed by atoms with Gasteiger partial charge >= 0.3 is 5.97 Å². The molecule has 0 radical (unpaired) electrons. The summed E-state index contributed by atoms with van der Waals surface area (Å²) >= 11 is 0. The summed E-state index contributed by atoms with van der Waals surface area (Å²) in [6.07, 6.45) is 1.53. The summed E-state index contributed by atoms with van der Waals surface area (Å²) < 4.78 is 4.56. The van der Waals surface area contributed by atoms with Crippen molar-refractivity contribution in [1.82, 2.24) is 0 Å². The normalized spacial score (nSPS) is 12.2. The van der Waals surface area contributed by atoms with Gasteiger partial charge in [0.1, 0.15) is 6.61 Å². The van der Waals surface area contributed by atoms with Crippen molar-refractivity contribution in [2.75, 3.05) is 6.61 Å². The minimum atomic E-state index is -0.313. The first-order valence-corrected chi connectivity index (χ1v) is 2.68. The first-order valence-electron chi connectivity index (χ1n) is 2.68. The standard InChI is InChI=1S/C6H11NO2/c1-3-6(7)4-9-5(2)8/h3,6H,1,4,7H2,2H3. The summed E-state index contributed by atoms with van der Waals surface area (Å²) in [6.45, 7) is 4.99. The van der Waals surface area contributed by atoms with Gasteiger partial charge in [-0.05, 0) is 0 Å². The van der Waals surface area contributed by atoms with Crippen LogP contribution in [0, 0.1) is 0 Å². The molecule has 0 heterocycles. The Balaban J connectivity index is 3.26. The molecule has 0 aromatic rings. The second kappa shape index (κ2) is 4.09. The fourth-order valence-corrected chi connectivity index (χ4v) is 0.282. The lowest BCUT2D eigenvalue weighted by molar-refractivity contribution is -0.141. The lowest BCUT2D eigenvalue weighted by atomic mass is 10.3. The second-order valence-corrected chi connectivity index (χ2v) is 1.70. The number of esters is 1. The fourth-order valence-electron chi connectivity index (χ4n) is 0.282. The van der Waals surface area contributed by atoms with Crippen LogP contribution in [0.4, 0.5) is 0 Å².